The molecule has 2 aliphatic rings. The maximum absolute atomic E-state index is 9.12. The zero-order valence-electron chi connectivity index (χ0n) is 26.0. The van der Waals surface area contributed by atoms with Gasteiger partial charge in [0.25, 0.3) is 0 Å². The maximum Gasteiger partial charge on any atom is 0.217 e. The molecule has 6 rings (SSSR count). The van der Waals surface area contributed by atoms with Crippen LogP contribution in [0.5, 0.6) is 5.75 Å². The maximum atomic E-state index is 9.12. The fourth-order valence-corrected chi connectivity index (χ4v) is 6.44. The number of rotatable bonds is 11. The Hall–Kier alpha value is -3.65. The average Bonchev–Trinajstić information content (AvgIpc) is 3.75. The molecule has 2 unspecified atom stereocenters. The van der Waals surface area contributed by atoms with Crippen molar-refractivity contribution in [3.05, 3.63) is 95.0 Å². The Kier molecular flexibility index (Phi) is 10.7. The number of thiocarbonyl (C=S) groups is 1. The quantitative estimate of drug-likeness (QED) is 0.210. The smallest absolute Gasteiger partial charge is 0.217 e. The Labute approximate surface area is 289 Å². The van der Waals surface area contributed by atoms with Gasteiger partial charge in [0.05, 0.1) is 18.2 Å². The third-order valence-corrected chi connectivity index (χ3v) is 9.18. The van der Waals surface area contributed by atoms with E-state index in [2.05, 4.69) is 49.5 Å². The van der Waals surface area contributed by atoms with Gasteiger partial charge in [-0.2, -0.15) is 5.10 Å². The van der Waals surface area contributed by atoms with Crippen LogP contribution in [0, 0.1) is 0 Å². The van der Waals surface area contributed by atoms with Crippen LogP contribution in [0.2, 0.25) is 10.0 Å². The van der Waals surface area contributed by atoms with Gasteiger partial charge in [0, 0.05) is 67.4 Å². The van der Waals surface area contributed by atoms with Gasteiger partial charge in [-0.3, -0.25) is 0 Å². The third-order valence-electron chi connectivity index (χ3n) is 8.22. The molecular weight excluding hydrogens is 661 g/mol. The summed E-state index contributed by atoms with van der Waals surface area (Å²) in [4.78, 5) is 10.6. The summed E-state index contributed by atoms with van der Waals surface area (Å²) in [6, 6.07) is 21.7. The third kappa shape index (κ3) is 8.08. The highest BCUT2D eigenvalue weighted by Crippen LogP contribution is 2.40. The molecule has 3 aromatic carbocycles. The second-order valence-electron chi connectivity index (χ2n) is 11.4. The largest absolute Gasteiger partial charge is 0.491 e. The standard InChI is InChI=1S/C33H37Cl2N7O4S/c1-39(16-17-43)32(47)38-25-3-5-26(6-4-25)40-12-14-41(15-13-40)27-7-9-28(10-8-27)44-19-29-20-45-33(46-29,21-42-23-36-22-37-42)30-11-2-24(34)18-31(30)35/h2-11,18,22-23,29,43H,12-17,19-21H2,1H3,(H,38,47). The minimum Gasteiger partial charge on any atom is -0.491 e. The molecule has 2 N–H and O–H groups in total. The molecule has 0 amide bonds. The van der Waals surface area contributed by atoms with Crippen molar-refractivity contribution in [2.75, 3.05) is 74.7 Å². The topological polar surface area (TPSA) is 100 Å². The SMILES string of the molecule is CN(CCO)C(=S)Nc1ccc(N2CCN(c3ccc(OCC4COC(Cn5cncn5)(c5ccc(Cl)cc5Cl)O4)cc3)CC2)cc1. The number of hydrogen-bond donors (Lipinski definition) is 2. The molecule has 2 saturated heterocycles. The predicted octanol–water partition coefficient (Wildman–Crippen LogP) is 4.88. The van der Waals surface area contributed by atoms with E-state index in [4.69, 9.17) is 54.7 Å². The minimum atomic E-state index is -1.15. The molecule has 248 valence electrons. The lowest BCUT2D eigenvalue weighted by Gasteiger charge is -2.37. The van der Waals surface area contributed by atoms with Crippen molar-refractivity contribution in [2.45, 2.75) is 18.4 Å². The van der Waals surface area contributed by atoms with Gasteiger partial charge >= 0.3 is 0 Å². The van der Waals surface area contributed by atoms with E-state index in [-0.39, 0.29) is 19.3 Å². The number of hydrogen-bond acceptors (Lipinski definition) is 9. The van der Waals surface area contributed by atoms with Crippen LogP contribution >= 0.6 is 35.4 Å². The Bertz CT molecular complexity index is 1620. The van der Waals surface area contributed by atoms with E-state index in [0.717, 1.165) is 43.3 Å². The Morgan fingerprint density at radius 3 is 2.34 bits per heavy atom. The Morgan fingerprint density at radius 1 is 1.04 bits per heavy atom. The molecule has 0 aliphatic carbocycles. The molecule has 2 atom stereocenters. The minimum absolute atomic E-state index is 0.0586. The second-order valence-corrected chi connectivity index (χ2v) is 12.7. The number of aliphatic hydroxyl groups excluding tert-OH is 1. The van der Waals surface area contributed by atoms with Gasteiger partial charge < -0.3 is 39.3 Å². The summed E-state index contributed by atoms with van der Waals surface area (Å²) in [5.74, 6) is -0.399. The molecule has 2 aliphatic heterocycles. The number of ether oxygens (including phenoxy) is 3. The highest BCUT2D eigenvalue weighted by molar-refractivity contribution is 7.80. The number of anilines is 3. The van der Waals surface area contributed by atoms with Crippen LogP contribution in [-0.4, -0.2) is 95.6 Å². The van der Waals surface area contributed by atoms with Crippen LogP contribution in [0.3, 0.4) is 0 Å². The van der Waals surface area contributed by atoms with Gasteiger partial charge in [0.2, 0.25) is 5.79 Å². The van der Waals surface area contributed by atoms with Gasteiger partial charge in [-0.1, -0.05) is 29.3 Å². The van der Waals surface area contributed by atoms with Gasteiger partial charge in [0.15, 0.2) is 5.11 Å². The number of halogens is 2. The van der Waals surface area contributed by atoms with Crippen LogP contribution in [0.15, 0.2) is 79.4 Å². The highest BCUT2D eigenvalue weighted by atomic mass is 35.5. The first-order valence-corrected chi connectivity index (χ1v) is 16.5. The summed E-state index contributed by atoms with van der Waals surface area (Å²) in [5.41, 5.74) is 3.92. The number of piperazine rings is 1. The van der Waals surface area contributed by atoms with Crippen LogP contribution in [0.25, 0.3) is 0 Å². The van der Waals surface area contributed by atoms with E-state index in [1.807, 2.05) is 42.3 Å². The van der Waals surface area contributed by atoms with Crippen molar-refractivity contribution in [2.24, 2.45) is 0 Å². The van der Waals surface area contributed by atoms with E-state index in [9.17, 15) is 0 Å². The summed E-state index contributed by atoms with van der Waals surface area (Å²) < 4.78 is 20.5. The molecule has 0 spiro atoms. The van der Waals surface area contributed by atoms with Crippen molar-refractivity contribution in [3.63, 3.8) is 0 Å². The average molecular weight is 699 g/mol. The molecule has 4 aromatic rings. The molecule has 0 radical (unpaired) electrons. The number of aliphatic hydroxyl groups is 1. The lowest BCUT2D eigenvalue weighted by atomic mass is 10.1. The number of likely N-dealkylation sites (N-methyl/N-ethyl adjacent to an activating group) is 1. The predicted molar refractivity (Wildman–Crippen MR) is 188 cm³/mol. The van der Waals surface area contributed by atoms with Crippen molar-refractivity contribution >= 4 is 57.6 Å². The highest BCUT2D eigenvalue weighted by Gasteiger charge is 2.45. The normalized spacial score (nSPS) is 19.5. The number of nitrogens with one attached hydrogen (secondary N) is 1. The fraction of sp³-hybridized carbons (Fsp3) is 0.364. The van der Waals surface area contributed by atoms with Crippen molar-refractivity contribution in [1.29, 1.82) is 0 Å². The molecule has 2 fully saturated rings. The molecule has 0 bridgehead atoms. The van der Waals surface area contributed by atoms with Gasteiger partial charge in [-0.15, -0.1) is 0 Å². The zero-order chi connectivity index (χ0) is 32.8. The number of nitrogens with zero attached hydrogens (tertiary/aromatic N) is 6. The number of benzene rings is 3. The summed E-state index contributed by atoms with van der Waals surface area (Å²) in [5, 5.41) is 18.1. The molecule has 0 saturated carbocycles. The van der Waals surface area contributed by atoms with Gasteiger partial charge in [-0.25, -0.2) is 9.67 Å². The second kappa shape index (κ2) is 15.1. The van der Waals surface area contributed by atoms with Crippen molar-refractivity contribution in [3.8, 4) is 5.75 Å². The van der Waals surface area contributed by atoms with Crippen LogP contribution in [0.1, 0.15) is 5.56 Å². The first-order valence-electron chi connectivity index (χ1n) is 15.4. The zero-order valence-corrected chi connectivity index (χ0v) is 28.3. The lowest BCUT2D eigenvalue weighted by molar-refractivity contribution is -0.190. The fourth-order valence-electron chi connectivity index (χ4n) is 5.67. The van der Waals surface area contributed by atoms with E-state index in [0.29, 0.717) is 40.5 Å². The molecule has 47 heavy (non-hydrogen) atoms. The van der Waals surface area contributed by atoms with Gasteiger partial charge in [-0.05, 0) is 72.9 Å². The molecule has 11 nitrogen and oxygen atoms in total. The summed E-state index contributed by atoms with van der Waals surface area (Å²) >= 11 is 18.1. The molecular formula is C33H37Cl2N7O4S. The first-order chi connectivity index (χ1) is 22.8. The summed E-state index contributed by atoms with van der Waals surface area (Å²) in [6.07, 6.45) is 2.75. The van der Waals surface area contributed by atoms with Crippen LogP contribution in [0.4, 0.5) is 17.1 Å². The van der Waals surface area contributed by atoms with Gasteiger partial charge in [0.1, 0.15) is 37.7 Å². The first kappa shape index (κ1) is 33.3. The molecule has 3 heterocycles. The van der Waals surface area contributed by atoms with E-state index < -0.39 is 5.79 Å². The van der Waals surface area contributed by atoms with Crippen molar-refractivity contribution < 1.29 is 19.3 Å². The Morgan fingerprint density at radius 2 is 1.72 bits per heavy atom. The monoisotopic (exact) mass is 697 g/mol. The molecule has 1 aromatic heterocycles. The van der Waals surface area contributed by atoms with E-state index >= 15 is 0 Å². The van der Waals surface area contributed by atoms with E-state index in [1.165, 1.54) is 12.0 Å². The lowest BCUT2D eigenvalue weighted by Crippen LogP contribution is -2.46. The van der Waals surface area contributed by atoms with Crippen LogP contribution < -0.4 is 19.9 Å². The Balaban J connectivity index is 0.997. The van der Waals surface area contributed by atoms with Crippen molar-refractivity contribution in [1.82, 2.24) is 19.7 Å². The molecule has 14 heteroatoms. The van der Waals surface area contributed by atoms with Crippen LogP contribution in [-0.2, 0) is 21.8 Å². The summed E-state index contributed by atoms with van der Waals surface area (Å²) in [7, 11) is 1.86. The van der Waals surface area contributed by atoms with E-state index in [1.54, 1.807) is 23.1 Å². The summed E-state index contributed by atoms with van der Waals surface area (Å²) in [6.45, 7) is 5.09. The number of aromatic nitrogens is 3.